The van der Waals surface area contributed by atoms with Crippen LogP contribution in [0.2, 0.25) is 0 Å². The van der Waals surface area contributed by atoms with Gasteiger partial charge in [-0.05, 0) is 31.3 Å². The highest BCUT2D eigenvalue weighted by atomic mass is 15.3. The molecule has 0 unspecified atom stereocenters. The first-order valence-corrected chi connectivity index (χ1v) is 4.45. The van der Waals surface area contributed by atoms with Crippen LogP contribution in [0.1, 0.15) is 32.1 Å². The van der Waals surface area contributed by atoms with E-state index in [4.69, 9.17) is 0 Å². The van der Waals surface area contributed by atoms with Gasteiger partial charge in [-0.25, -0.2) is 0 Å². The van der Waals surface area contributed by atoms with Crippen molar-refractivity contribution in [2.24, 2.45) is 5.10 Å². The van der Waals surface area contributed by atoms with Crippen LogP contribution in [0.25, 0.3) is 0 Å². The molecule has 1 aliphatic carbocycles. The van der Waals surface area contributed by atoms with E-state index in [9.17, 15) is 0 Å². The third-order valence-electron chi connectivity index (χ3n) is 2.35. The Morgan fingerprint density at radius 1 is 1.27 bits per heavy atom. The summed E-state index contributed by atoms with van der Waals surface area (Å²) in [6.45, 7) is 1.03. The quantitative estimate of drug-likeness (QED) is 0.606. The second-order valence-corrected chi connectivity index (χ2v) is 3.19. The van der Waals surface area contributed by atoms with Gasteiger partial charge in [-0.3, -0.25) is 0 Å². The second-order valence-electron chi connectivity index (χ2n) is 3.19. The van der Waals surface area contributed by atoms with Crippen molar-refractivity contribution in [1.29, 1.82) is 0 Å². The van der Waals surface area contributed by atoms with Crippen LogP contribution in [-0.4, -0.2) is 12.3 Å². The maximum atomic E-state index is 4.26. The first-order valence-electron chi connectivity index (χ1n) is 4.45. The molecule has 0 bridgehead atoms. The Morgan fingerprint density at radius 2 is 2.27 bits per heavy atom. The van der Waals surface area contributed by atoms with Crippen LogP contribution in [0.5, 0.6) is 0 Å². The fourth-order valence-electron chi connectivity index (χ4n) is 1.71. The topological polar surface area (TPSA) is 24.4 Å². The van der Waals surface area contributed by atoms with E-state index < -0.39 is 0 Å². The van der Waals surface area contributed by atoms with Crippen molar-refractivity contribution in [2.45, 2.75) is 32.1 Å². The number of rotatable bonds is 1. The van der Waals surface area contributed by atoms with Gasteiger partial charge in [-0.15, -0.1) is 0 Å². The smallest absolute Gasteiger partial charge is 0.0649 e. The lowest BCUT2D eigenvalue weighted by Gasteiger charge is -2.10. The molecular formula is C9H14N2. The van der Waals surface area contributed by atoms with Crippen LogP contribution in [-0.2, 0) is 0 Å². The average molecular weight is 150 g/mol. The molecule has 0 radical (unpaired) electrons. The molecule has 0 saturated carbocycles. The predicted molar refractivity (Wildman–Crippen MR) is 46.6 cm³/mol. The van der Waals surface area contributed by atoms with E-state index >= 15 is 0 Å². The molecule has 0 atom stereocenters. The van der Waals surface area contributed by atoms with Crippen LogP contribution in [0, 0.1) is 0 Å². The molecule has 1 aliphatic heterocycles. The molecule has 2 aliphatic rings. The van der Waals surface area contributed by atoms with E-state index in [1.54, 1.807) is 0 Å². The molecule has 0 spiro atoms. The molecule has 1 N–H and O–H groups in total. The minimum atomic E-state index is 1.03. The standard InChI is InChI=1S/C9H14N2/c1-2-4-8(5-3-1)9-6-7-10-11-9/h4,10H,1-3,5-7H2. The molecule has 2 rings (SSSR count). The maximum absolute atomic E-state index is 4.26. The van der Waals surface area contributed by atoms with E-state index in [2.05, 4.69) is 16.6 Å². The SMILES string of the molecule is C1=C(C2=NNCC2)CCCC1. The van der Waals surface area contributed by atoms with Crippen molar-refractivity contribution in [3.63, 3.8) is 0 Å². The van der Waals surface area contributed by atoms with Gasteiger partial charge in [0.15, 0.2) is 0 Å². The Hall–Kier alpha value is -0.790. The fourth-order valence-corrected chi connectivity index (χ4v) is 1.71. The van der Waals surface area contributed by atoms with Gasteiger partial charge < -0.3 is 5.43 Å². The van der Waals surface area contributed by atoms with Gasteiger partial charge in [-0.1, -0.05) is 6.08 Å². The Kier molecular flexibility index (Phi) is 1.93. The van der Waals surface area contributed by atoms with Crippen LogP contribution in [0.3, 0.4) is 0 Å². The fraction of sp³-hybridized carbons (Fsp3) is 0.667. The molecule has 0 aromatic heterocycles. The van der Waals surface area contributed by atoms with Crippen molar-refractivity contribution in [1.82, 2.24) is 5.43 Å². The summed E-state index contributed by atoms with van der Waals surface area (Å²) in [5.41, 5.74) is 5.83. The molecule has 2 heteroatoms. The summed E-state index contributed by atoms with van der Waals surface area (Å²) >= 11 is 0. The second kappa shape index (κ2) is 3.07. The molecule has 60 valence electrons. The molecule has 2 nitrogen and oxygen atoms in total. The minimum absolute atomic E-state index is 1.03. The van der Waals surface area contributed by atoms with E-state index in [-0.39, 0.29) is 0 Å². The van der Waals surface area contributed by atoms with Gasteiger partial charge in [0, 0.05) is 13.0 Å². The van der Waals surface area contributed by atoms with Crippen LogP contribution in [0.15, 0.2) is 16.8 Å². The molecule has 11 heavy (non-hydrogen) atoms. The van der Waals surface area contributed by atoms with Crippen molar-refractivity contribution < 1.29 is 0 Å². The summed E-state index contributed by atoms with van der Waals surface area (Å²) in [5.74, 6) is 0. The van der Waals surface area contributed by atoms with Crippen LogP contribution in [0.4, 0.5) is 0 Å². The minimum Gasteiger partial charge on any atom is -0.309 e. The first-order chi connectivity index (χ1) is 5.47. The maximum Gasteiger partial charge on any atom is 0.0649 e. The van der Waals surface area contributed by atoms with Gasteiger partial charge in [0.05, 0.1) is 5.71 Å². The van der Waals surface area contributed by atoms with Crippen LogP contribution >= 0.6 is 0 Å². The Balaban J connectivity index is 2.07. The van der Waals surface area contributed by atoms with Gasteiger partial charge >= 0.3 is 0 Å². The number of nitrogens with one attached hydrogen (secondary N) is 1. The first kappa shape index (κ1) is 6.89. The van der Waals surface area contributed by atoms with Gasteiger partial charge in [0.25, 0.3) is 0 Å². The summed E-state index contributed by atoms with van der Waals surface area (Å²) < 4.78 is 0. The average Bonchev–Trinajstić information content (AvgIpc) is 2.58. The zero-order valence-electron chi connectivity index (χ0n) is 6.77. The monoisotopic (exact) mass is 150 g/mol. The summed E-state index contributed by atoms with van der Waals surface area (Å²) in [6.07, 6.45) is 8.71. The largest absolute Gasteiger partial charge is 0.309 e. The molecule has 1 heterocycles. The molecule has 0 fully saturated rings. The Morgan fingerprint density at radius 3 is 2.91 bits per heavy atom. The third kappa shape index (κ3) is 1.44. The lowest BCUT2D eigenvalue weighted by atomic mass is 9.95. The molecule has 0 saturated heterocycles. The van der Waals surface area contributed by atoms with Crippen LogP contribution < -0.4 is 5.43 Å². The summed E-state index contributed by atoms with van der Waals surface area (Å²) in [6, 6.07) is 0. The molecule has 0 amide bonds. The Labute approximate surface area is 67.4 Å². The van der Waals surface area contributed by atoms with Crippen molar-refractivity contribution in [2.75, 3.05) is 6.54 Å². The van der Waals surface area contributed by atoms with Crippen molar-refractivity contribution >= 4 is 5.71 Å². The molecular weight excluding hydrogens is 136 g/mol. The number of hydrogen-bond donors (Lipinski definition) is 1. The summed E-state index contributed by atoms with van der Waals surface area (Å²) in [4.78, 5) is 0. The van der Waals surface area contributed by atoms with Crippen molar-refractivity contribution in [3.05, 3.63) is 11.6 Å². The van der Waals surface area contributed by atoms with Gasteiger partial charge in [0.2, 0.25) is 0 Å². The van der Waals surface area contributed by atoms with Gasteiger partial charge in [-0.2, -0.15) is 5.10 Å². The number of hydrogen-bond acceptors (Lipinski definition) is 2. The lowest BCUT2D eigenvalue weighted by molar-refractivity contribution is 0.716. The Bertz CT molecular complexity index is 204. The highest BCUT2D eigenvalue weighted by molar-refractivity contribution is 6.00. The number of hydrazone groups is 1. The third-order valence-corrected chi connectivity index (χ3v) is 2.35. The number of allylic oxidation sites excluding steroid dienone is 2. The van der Waals surface area contributed by atoms with E-state index in [1.165, 1.54) is 37.0 Å². The lowest BCUT2D eigenvalue weighted by Crippen LogP contribution is -2.03. The normalized spacial score (nSPS) is 24.0. The van der Waals surface area contributed by atoms with E-state index in [0.29, 0.717) is 0 Å². The predicted octanol–water partition coefficient (Wildman–Crippen LogP) is 1.84. The zero-order valence-corrected chi connectivity index (χ0v) is 6.77. The molecule has 0 aromatic carbocycles. The number of nitrogens with zero attached hydrogens (tertiary/aromatic N) is 1. The highest BCUT2D eigenvalue weighted by Gasteiger charge is 2.12. The zero-order chi connectivity index (χ0) is 7.52. The van der Waals surface area contributed by atoms with E-state index in [0.717, 1.165) is 13.0 Å². The molecule has 0 aromatic rings. The highest BCUT2D eigenvalue weighted by Crippen LogP contribution is 2.20. The van der Waals surface area contributed by atoms with E-state index in [1.807, 2.05) is 0 Å². The summed E-state index contributed by atoms with van der Waals surface area (Å²) in [7, 11) is 0. The van der Waals surface area contributed by atoms with Gasteiger partial charge in [0.1, 0.15) is 0 Å². The summed E-state index contributed by atoms with van der Waals surface area (Å²) in [5, 5.41) is 4.26. The van der Waals surface area contributed by atoms with Crippen molar-refractivity contribution in [3.8, 4) is 0 Å².